The van der Waals surface area contributed by atoms with Gasteiger partial charge in [0.15, 0.2) is 0 Å². The first-order valence-corrected chi connectivity index (χ1v) is 8.79. The zero-order chi connectivity index (χ0) is 19.5. The van der Waals surface area contributed by atoms with Gasteiger partial charge < -0.3 is 25.3 Å². The van der Waals surface area contributed by atoms with Gasteiger partial charge in [0.1, 0.15) is 17.3 Å². The summed E-state index contributed by atoms with van der Waals surface area (Å²) in [5.41, 5.74) is 7.62. The maximum atomic E-state index is 13.3. The van der Waals surface area contributed by atoms with Gasteiger partial charge in [0.05, 0.1) is 37.0 Å². The van der Waals surface area contributed by atoms with E-state index in [1.165, 1.54) is 18.5 Å². The van der Waals surface area contributed by atoms with Crippen LogP contribution in [0.5, 0.6) is 0 Å². The normalized spacial score (nSPS) is 14.1. The van der Waals surface area contributed by atoms with Crippen molar-refractivity contribution in [2.24, 2.45) is 0 Å². The monoisotopic (exact) mass is 382 g/mol. The summed E-state index contributed by atoms with van der Waals surface area (Å²) in [5, 5.41) is 2.74. The lowest BCUT2D eigenvalue weighted by Gasteiger charge is -2.27. The highest BCUT2D eigenvalue weighted by Gasteiger charge is 2.15. The number of morpholine rings is 1. The first kappa shape index (κ1) is 17.9. The number of nitrogens with two attached hydrogens (primary N) is 1. The van der Waals surface area contributed by atoms with Crippen LogP contribution in [0.2, 0.25) is 0 Å². The number of anilines is 3. The number of nitrogens with zero attached hydrogens (tertiary/aromatic N) is 4. The molecule has 1 amide bonds. The molecule has 0 atom stereocenters. The van der Waals surface area contributed by atoms with Gasteiger partial charge in [-0.05, 0) is 24.3 Å². The number of carbonyl (C=O) groups is 1. The summed E-state index contributed by atoms with van der Waals surface area (Å²) in [6.07, 6.45) is 5.93. The summed E-state index contributed by atoms with van der Waals surface area (Å²) < 4.78 is 20.2. The van der Waals surface area contributed by atoms with E-state index in [0.29, 0.717) is 36.1 Å². The van der Waals surface area contributed by atoms with E-state index >= 15 is 0 Å². The van der Waals surface area contributed by atoms with Crippen LogP contribution in [0.15, 0.2) is 49.1 Å². The Morgan fingerprint density at radius 1 is 1.18 bits per heavy atom. The molecule has 1 aromatic carbocycles. The van der Waals surface area contributed by atoms with Gasteiger partial charge >= 0.3 is 0 Å². The molecule has 0 aliphatic carbocycles. The molecule has 1 saturated heterocycles. The number of nitrogen functional groups attached to an aromatic ring is 1. The largest absolute Gasteiger partial charge is 0.397 e. The van der Waals surface area contributed by atoms with Crippen LogP contribution < -0.4 is 16.0 Å². The van der Waals surface area contributed by atoms with Gasteiger partial charge in [0, 0.05) is 31.2 Å². The van der Waals surface area contributed by atoms with Gasteiger partial charge in [-0.3, -0.25) is 4.79 Å². The Morgan fingerprint density at radius 3 is 2.68 bits per heavy atom. The Bertz CT molecular complexity index is 982. The smallest absolute Gasteiger partial charge is 0.275 e. The topological polar surface area (TPSA) is 98.3 Å². The van der Waals surface area contributed by atoms with Gasteiger partial charge in [0.25, 0.3) is 5.91 Å². The summed E-state index contributed by atoms with van der Waals surface area (Å²) in [5.74, 6) is -0.0717. The van der Waals surface area contributed by atoms with Gasteiger partial charge in [0.2, 0.25) is 0 Å². The fourth-order valence-electron chi connectivity index (χ4n) is 2.92. The van der Waals surface area contributed by atoms with Crippen LogP contribution >= 0.6 is 0 Å². The van der Waals surface area contributed by atoms with E-state index in [2.05, 4.69) is 20.2 Å². The third kappa shape index (κ3) is 3.79. The van der Waals surface area contributed by atoms with Crippen LogP contribution in [0.3, 0.4) is 0 Å². The molecule has 1 aliphatic rings. The van der Waals surface area contributed by atoms with E-state index in [-0.39, 0.29) is 11.5 Å². The molecule has 3 aromatic rings. The number of rotatable bonds is 4. The van der Waals surface area contributed by atoms with Crippen molar-refractivity contribution in [3.8, 4) is 5.69 Å². The zero-order valence-electron chi connectivity index (χ0n) is 15.0. The van der Waals surface area contributed by atoms with Crippen molar-refractivity contribution < 1.29 is 13.9 Å². The predicted molar refractivity (Wildman–Crippen MR) is 103 cm³/mol. The van der Waals surface area contributed by atoms with Crippen LogP contribution in [0.4, 0.5) is 21.6 Å². The van der Waals surface area contributed by atoms with E-state index in [4.69, 9.17) is 10.5 Å². The van der Waals surface area contributed by atoms with E-state index in [9.17, 15) is 9.18 Å². The highest BCUT2D eigenvalue weighted by molar-refractivity contribution is 6.04. The van der Waals surface area contributed by atoms with Crippen LogP contribution in [-0.4, -0.2) is 46.7 Å². The van der Waals surface area contributed by atoms with Gasteiger partial charge in [-0.1, -0.05) is 0 Å². The maximum absolute atomic E-state index is 13.3. The molecule has 0 saturated carbocycles. The molecular weight excluding hydrogens is 363 g/mol. The molecule has 4 rings (SSSR count). The first-order chi connectivity index (χ1) is 13.6. The summed E-state index contributed by atoms with van der Waals surface area (Å²) in [6, 6.07) is 6.40. The average Bonchev–Trinajstić information content (AvgIpc) is 3.17. The molecule has 0 spiro atoms. The Balaban J connectivity index is 1.50. The summed E-state index contributed by atoms with van der Waals surface area (Å²) in [6.45, 7) is 2.77. The van der Waals surface area contributed by atoms with Gasteiger partial charge in [-0.2, -0.15) is 0 Å². The highest BCUT2D eigenvalue weighted by Crippen LogP contribution is 2.23. The van der Waals surface area contributed by atoms with E-state index in [1.54, 1.807) is 35.2 Å². The maximum Gasteiger partial charge on any atom is 0.275 e. The standard InChI is InChI=1S/C19H19FN6O2/c20-13-3-4-26(12-13)14-1-2-15(21)16(9-14)24-19(27)17-10-23-18(11-22-17)25-5-7-28-8-6-25/h1-4,9-12H,5-8,21H2,(H,24,27). The van der Waals surface area contributed by atoms with E-state index in [0.717, 1.165) is 13.1 Å². The molecule has 2 aromatic heterocycles. The number of hydrogen-bond acceptors (Lipinski definition) is 6. The molecule has 8 nitrogen and oxygen atoms in total. The molecule has 0 radical (unpaired) electrons. The third-order valence-corrected chi connectivity index (χ3v) is 4.45. The number of carbonyl (C=O) groups excluding carboxylic acids is 1. The first-order valence-electron chi connectivity index (χ1n) is 8.79. The minimum atomic E-state index is -0.427. The number of hydrogen-bond donors (Lipinski definition) is 2. The number of nitrogens with one attached hydrogen (secondary N) is 1. The lowest BCUT2D eigenvalue weighted by Crippen LogP contribution is -2.36. The van der Waals surface area contributed by atoms with E-state index in [1.807, 2.05) is 0 Å². The predicted octanol–water partition coefficient (Wildman–Crippen LogP) is 2.08. The third-order valence-electron chi connectivity index (χ3n) is 4.45. The second-order valence-corrected chi connectivity index (χ2v) is 6.32. The molecule has 28 heavy (non-hydrogen) atoms. The van der Waals surface area contributed by atoms with Crippen molar-refractivity contribution in [2.75, 3.05) is 42.3 Å². The van der Waals surface area contributed by atoms with E-state index < -0.39 is 5.91 Å². The van der Waals surface area contributed by atoms with Gasteiger partial charge in [-0.15, -0.1) is 0 Å². The molecule has 9 heteroatoms. The van der Waals surface area contributed by atoms with Crippen LogP contribution in [0.25, 0.3) is 5.69 Å². The number of amides is 1. The SMILES string of the molecule is Nc1ccc(-n2ccc(F)c2)cc1NC(=O)c1cnc(N2CCOCC2)cn1. The molecule has 0 unspecified atom stereocenters. The zero-order valence-corrected chi connectivity index (χ0v) is 15.0. The molecule has 3 heterocycles. The van der Waals surface area contributed by atoms with Crippen molar-refractivity contribution in [1.29, 1.82) is 0 Å². The second kappa shape index (κ2) is 7.65. The molecule has 1 aliphatic heterocycles. The number of halogens is 1. The van der Waals surface area contributed by atoms with Crippen molar-refractivity contribution in [3.05, 3.63) is 60.6 Å². The fraction of sp³-hybridized carbons (Fsp3) is 0.211. The lowest BCUT2D eigenvalue weighted by molar-refractivity contribution is 0.102. The summed E-state index contributed by atoms with van der Waals surface area (Å²) in [4.78, 5) is 23.1. The Labute approximate surface area is 160 Å². The Kier molecular flexibility index (Phi) is 4.90. The lowest BCUT2D eigenvalue weighted by atomic mass is 10.2. The molecule has 3 N–H and O–H groups in total. The minimum absolute atomic E-state index is 0.175. The minimum Gasteiger partial charge on any atom is -0.397 e. The molecular formula is C19H19FN6O2. The Morgan fingerprint density at radius 2 is 2.00 bits per heavy atom. The summed E-state index contributed by atoms with van der Waals surface area (Å²) in [7, 11) is 0. The van der Waals surface area contributed by atoms with Crippen molar-refractivity contribution >= 4 is 23.1 Å². The van der Waals surface area contributed by atoms with Crippen LogP contribution in [0, 0.1) is 5.82 Å². The van der Waals surface area contributed by atoms with Crippen LogP contribution in [-0.2, 0) is 4.74 Å². The van der Waals surface area contributed by atoms with Crippen molar-refractivity contribution in [2.45, 2.75) is 0 Å². The van der Waals surface area contributed by atoms with Crippen molar-refractivity contribution in [1.82, 2.24) is 14.5 Å². The number of ether oxygens (including phenoxy) is 1. The van der Waals surface area contributed by atoms with Crippen molar-refractivity contribution in [3.63, 3.8) is 0 Å². The fourth-order valence-corrected chi connectivity index (χ4v) is 2.92. The summed E-state index contributed by atoms with van der Waals surface area (Å²) >= 11 is 0. The average molecular weight is 382 g/mol. The molecule has 0 bridgehead atoms. The molecule has 144 valence electrons. The highest BCUT2D eigenvalue weighted by atomic mass is 19.1. The van der Waals surface area contributed by atoms with Crippen LogP contribution in [0.1, 0.15) is 10.5 Å². The second-order valence-electron chi connectivity index (χ2n) is 6.32. The molecule has 1 fully saturated rings. The quantitative estimate of drug-likeness (QED) is 0.671. The Hall–Kier alpha value is -3.46. The number of benzene rings is 1. The number of aromatic nitrogens is 3. The van der Waals surface area contributed by atoms with Gasteiger partial charge in [-0.25, -0.2) is 14.4 Å².